The van der Waals surface area contributed by atoms with E-state index in [-0.39, 0.29) is 5.97 Å². The molecule has 2 heteroatoms. The minimum atomic E-state index is 0.149. The molecule has 17 heavy (non-hydrogen) atoms. The van der Waals surface area contributed by atoms with E-state index >= 15 is 0 Å². The summed E-state index contributed by atoms with van der Waals surface area (Å²) in [4.78, 5) is 11.9. The molecule has 4 saturated carbocycles. The lowest BCUT2D eigenvalue weighted by atomic mass is 9.62. The summed E-state index contributed by atoms with van der Waals surface area (Å²) in [6.45, 7) is 3.19. The van der Waals surface area contributed by atoms with Gasteiger partial charge in [-0.1, -0.05) is 6.92 Å². The monoisotopic (exact) mass is 232 g/mol. The van der Waals surface area contributed by atoms with Gasteiger partial charge in [0.2, 0.25) is 0 Å². The number of carbonyl (C=O) groups is 1. The molecule has 1 saturated heterocycles. The highest BCUT2D eigenvalue weighted by Gasteiger charge is 2.69. The van der Waals surface area contributed by atoms with Crippen LogP contribution in [0, 0.1) is 53.3 Å². The summed E-state index contributed by atoms with van der Waals surface area (Å²) in [5.74, 6) is 7.41. The Morgan fingerprint density at radius 3 is 2.76 bits per heavy atom. The van der Waals surface area contributed by atoms with Crippen LogP contribution in [0.1, 0.15) is 26.2 Å². The van der Waals surface area contributed by atoms with Crippen LogP contribution in [0.25, 0.3) is 0 Å². The second-order valence-electron chi connectivity index (χ2n) is 7.41. The zero-order valence-corrected chi connectivity index (χ0v) is 10.3. The molecule has 0 spiro atoms. The van der Waals surface area contributed by atoms with Gasteiger partial charge in [0.15, 0.2) is 0 Å². The molecule has 0 aromatic rings. The molecule has 2 nitrogen and oxygen atoms in total. The summed E-state index contributed by atoms with van der Waals surface area (Å²) in [6.07, 6.45) is 4.32. The first-order valence-corrected chi connectivity index (χ1v) is 7.42. The number of hydrogen-bond acceptors (Lipinski definition) is 2. The van der Waals surface area contributed by atoms with Gasteiger partial charge >= 0.3 is 5.97 Å². The van der Waals surface area contributed by atoms with Crippen LogP contribution in [0.15, 0.2) is 0 Å². The maximum atomic E-state index is 11.9. The standard InChI is InChI=1S/C15H20O2/c1-6-2-7-3-8(6)13-10-4-9(12(7)13)11-5-17-15(16)14(10)11/h6-14H,2-5H2,1H3/t6?,7?,8?,9-,10?,11?,12?,13?,14?/m0/s1. The first-order valence-electron chi connectivity index (χ1n) is 7.42. The predicted octanol–water partition coefficient (Wildman–Crippen LogP) is 2.33. The molecule has 5 fully saturated rings. The van der Waals surface area contributed by atoms with Gasteiger partial charge in [-0.25, -0.2) is 0 Å². The average Bonchev–Trinajstić information content (AvgIpc) is 2.99. The Morgan fingerprint density at radius 2 is 1.88 bits per heavy atom. The molecule has 0 radical (unpaired) electrons. The molecule has 0 aromatic heterocycles. The average molecular weight is 232 g/mol. The molecular formula is C15H20O2. The zero-order valence-electron chi connectivity index (χ0n) is 10.3. The molecule has 4 bridgehead atoms. The Balaban J connectivity index is 1.58. The summed E-state index contributed by atoms with van der Waals surface area (Å²) >= 11 is 0. The number of esters is 1. The number of rotatable bonds is 0. The van der Waals surface area contributed by atoms with E-state index in [1.165, 1.54) is 19.3 Å². The Morgan fingerprint density at radius 1 is 1.00 bits per heavy atom. The number of hydrogen-bond donors (Lipinski definition) is 0. The topological polar surface area (TPSA) is 26.3 Å². The lowest BCUT2D eigenvalue weighted by molar-refractivity contribution is -0.143. The number of carbonyl (C=O) groups excluding carboxylic acids is 1. The van der Waals surface area contributed by atoms with Gasteiger partial charge in [0.05, 0.1) is 12.5 Å². The summed E-state index contributed by atoms with van der Waals surface area (Å²) < 4.78 is 5.34. The normalized spacial score (nSPS) is 66.2. The van der Waals surface area contributed by atoms with Crippen molar-refractivity contribution in [1.29, 1.82) is 0 Å². The Hall–Kier alpha value is -0.530. The summed E-state index contributed by atoms with van der Waals surface area (Å²) in [7, 11) is 0. The van der Waals surface area contributed by atoms with Gasteiger partial charge in [-0.15, -0.1) is 0 Å². The van der Waals surface area contributed by atoms with E-state index in [0.717, 1.165) is 42.1 Å². The molecule has 4 aliphatic carbocycles. The first kappa shape index (κ1) is 9.41. The van der Waals surface area contributed by atoms with Crippen molar-refractivity contribution < 1.29 is 9.53 Å². The quantitative estimate of drug-likeness (QED) is 0.473. The van der Waals surface area contributed by atoms with Gasteiger partial charge in [0.1, 0.15) is 0 Å². The predicted molar refractivity (Wildman–Crippen MR) is 61.9 cm³/mol. The SMILES string of the molecule is CC1CC2CC1C1C3C[C@@H](C4COC(=O)C34)C21. The van der Waals surface area contributed by atoms with Gasteiger partial charge in [-0.2, -0.15) is 0 Å². The minimum Gasteiger partial charge on any atom is -0.465 e. The third-order valence-corrected chi connectivity index (χ3v) is 7.16. The van der Waals surface area contributed by atoms with Crippen LogP contribution in [0.4, 0.5) is 0 Å². The van der Waals surface area contributed by atoms with Gasteiger partial charge < -0.3 is 4.74 Å². The van der Waals surface area contributed by atoms with Crippen LogP contribution < -0.4 is 0 Å². The van der Waals surface area contributed by atoms with E-state index in [1.54, 1.807) is 0 Å². The molecule has 1 heterocycles. The van der Waals surface area contributed by atoms with Crippen molar-refractivity contribution in [3.63, 3.8) is 0 Å². The molecule has 5 aliphatic rings. The van der Waals surface area contributed by atoms with Crippen LogP contribution in [0.2, 0.25) is 0 Å². The third-order valence-electron chi connectivity index (χ3n) is 7.16. The smallest absolute Gasteiger partial charge is 0.309 e. The van der Waals surface area contributed by atoms with E-state index in [1.807, 2.05) is 0 Å². The molecule has 92 valence electrons. The van der Waals surface area contributed by atoms with Gasteiger partial charge in [-0.3, -0.25) is 4.79 Å². The second-order valence-corrected chi connectivity index (χ2v) is 7.41. The van der Waals surface area contributed by atoms with Gasteiger partial charge in [0, 0.05) is 5.92 Å². The lowest BCUT2D eigenvalue weighted by Crippen LogP contribution is -2.40. The molecule has 0 amide bonds. The summed E-state index contributed by atoms with van der Waals surface area (Å²) in [6, 6.07) is 0. The Kier molecular flexibility index (Phi) is 1.51. The molecular weight excluding hydrogens is 212 g/mol. The minimum absolute atomic E-state index is 0.149. The highest BCUT2D eigenvalue weighted by Crippen LogP contribution is 2.72. The van der Waals surface area contributed by atoms with Crippen molar-refractivity contribution in [2.75, 3.05) is 6.61 Å². The highest BCUT2D eigenvalue weighted by molar-refractivity contribution is 5.76. The van der Waals surface area contributed by atoms with Crippen LogP contribution in [-0.2, 0) is 9.53 Å². The fourth-order valence-corrected chi connectivity index (χ4v) is 6.93. The second kappa shape index (κ2) is 2.73. The molecule has 8 unspecified atom stereocenters. The van der Waals surface area contributed by atoms with E-state index in [0.29, 0.717) is 17.8 Å². The largest absolute Gasteiger partial charge is 0.465 e. The van der Waals surface area contributed by atoms with Crippen molar-refractivity contribution in [1.82, 2.24) is 0 Å². The maximum absolute atomic E-state index is 11.9. The van der Waals surface area contributed by atoms with E-state index in [2.05, 4.69) is 6.92 Å². The number of cyclic esters (lactones) is 1. The third kappa shape index (κ3) is 0.880. The van der Waals surface area contributed by atoms with Gasteiger partial charge in [-0.05, 0) is 60.7 Å². The highest BCUT2D eigenvalue weighted by atomic mass is 16.5. The fraction of sp³-hybridized carbons (Fsp3) is 0.933. The van der Waals surface area contributed by atoms with Crippen molar-refractivity contribution in [3.05, 3.63) is 0 Å². The molecule has 0 aromatic carbocycles. The lowest BCUT2D eigenvalue weighted by Gasteiger charge is -2.41. The van der Waals surface area contributed by atoms with Crippen LogP contribution >= 0.6 is 0 Å². The molecule has 0 N–H and O–H groups in total. The summed E-state index contributed by atoms with van der Waals surface area (Å²) in [5, 5.41) is 0. The number of fused-ring (bicyclic) bond motifs is 12. The van der Waals surface area contributed by atoms with E-state index in [9.17, 15) is 4.79 Å². The maximum Gasteiger partial charge on any atom is 0.309 e. The van der Waals surface area contributed by atoms with Crippen LogP contribution in [0.3, 0.4) is 0 Å². The van der Waals surface area contributed by atoms with E-state index in [4.69, 9.17) is 4.74 Å². The Bertz CT molecular complexity index is 404. The van der Waals surface area contributed by atoms with Crippen LogP contribution in [0.5, 0.6) is 0 Å². The van der Waals surface area contributed by atoms with E-state index < -0.39 is 0 Å². The van der Waals surface area contributed by atoms with Crippen molar-refractivity contribution in [3.8, 4) is 0 Å². The summed E-state index contributed by atoms with van der Waals surface area (Å²) in [5.41, 5.74) is 0. The molecule has 1 aliphatic heterocycles. The number of ether oxygens (including phenoxy) is 1. The van der Waals surface area contributed by atoms with Crippen molar-refractivity contribution in [2.45, 2.75) is 26.2 Å². The fourth-order valence-electron chi connectivity index (χ4n) is 6.93. The van der Waals surface area contributed by atoms with Crippen molar-refractivity contribution in [2.24, 2.45) is 53.3 Å². The zero-order chi connectivity index (χ0) is 11.3. The first-order chi connectivity index (χ1) is 8.25. The Labute approximate surface area is 102 Å². The van der Waals surface area contributed by atoms with Crippen LogP contribution in [-0.4, -0.2) is 12.6 Å². The van der Waals surface area contributed by atoms with Crippen molar-refractivity contribution >= 4 is 5.97 Å². The van der Waals surface area contributed by atoms with Gasteiger partial charge in [0.25, 0.3) is 0 Å². The molecule has 9 atom stereocenters. The molecule has 5 rings (SSSR count).